The van der Waals surface area contributed by atoms with Gasteiger partial charge < -0.3 is 0 Å². The average Bonchev–Trinajstić information content (AvgIpc) is 2.53. The molecule has 3 nitrogen and oxygen atoms in total. The number of hydrogen-bond acceptors (Lipinski definition) is 3. The summed E-state index contributed by atoms with van der Waals surface area (Å²) in [7, 11) is 0. The number of alkyl halides is 1. The van der Waals surface area contributed by atoms with Gasteiger partial charge in [0.2, 0.25) is 4.96 Å². The fraction of sp³-hybridized carbons (Fsp3) is 0.429. The molecule has 0 spiro atoms. The van der Waals surface area contributed by atoms with E-state index in [4.69, 9.17) is 11.6 Å². The molecule has 0 radical (unpaired) electrons. The molecular weight excluding hydrogens is 274 g/mol. The first-order valence-corrected chi connectivity index (χ1v) is 5.87. The lowest BCUT2D eigenvalue weighted by Gasteiger charge is -1.97. The number of aromatic nitrogens is 3. The maximum Gasteiger partial charge on any atom is 0.213 e. The number of fused-ring (bicyclic) bond motifs is 1. The molecule has 0 aliphatic heterocycles. The Morgan fingerprint density at radius 2 is 2.38 bits per heavy atom. The number of hydrogen-bond donors (Lipinski definition) is 0. The molecule has 0 amide bonds. The Bertz CT molecular complexity index is 441. The van der Waals surface area contributed by atoms with E-state index in [1.54, 1.807) is 4.52 Å². The highest BCUT2D eigenvalue weighted by atomic mass is 79.9. The first-order valence-electron chi connectivity index (χ1n) is 3.88. The molecule has 0 saturated heterocycles. The van der Waals surface area contributed by atoms with Gasteiger partial charge in [0.1, 0.15) is 0 Å². The Balaban J connectivity index is 2.18. The lowest BCUT2D eigenvalue weighted by atomic mass is 10.3. The fourth-order valence-electron chi connectivity index (χ4n) is 1.26. The van der Waals surface area contributed by atoms with Crippen LogP contribution in [0.2, 0.25) is 0 Å². The second-order valence-electron chi connectivity index (χ2n) is 3.17. The van der Waals surface area contributed by atoms with E-state index >= 15 is 0 Å². The zero-order valence-corrected chi connectivity index (χ0v) is 9.66. The van der Waals surface area contributed by atoms with Crippen molar-refractivity contribution in [2.45, 2.75) is 17.7 Å². The van der Waals surface area contributed by atoms with Crippen LogP contribution in [-0.2, 0) is 4.87 Å². The van der Waals surface area contributed by atoms with Crippen LogP contribution in [0.4, 0.5) is 0 Å². The van der Waals surface area contributed by atoms with Crippen molar-refractivity contribution in [1.29, 1.82) is 0 Å². The van der Waals surface area contributed by atoms with Crippen molar-refractivity contribution in [2.75, 3.05) is 0 Å². The van der Waals surface area contributed by atoms with Gasteiger partial charge in [-0.1, -0.05) is 11.3 Å². The van der Waals surface area contributed by atoms with Crippen molar-refractivity contribution in [3.05, 3.63) is 15.8 Å². The quantitative estimate of drug-likeness (QED) is 0.751. The van der Waals surface area contributed by atoms with Crippen molar-refractivity contribution in [1.82, 2.24) is 14.6 Å². The van der Waals surface area contributed by atoms with Crippen molar-refractivity contribution in [2.24, 2.45) is 0 Å². The zero-order valence-electron chi connectivity index (χ0n) is 6.50. The number of rotatable bonds is 1. The van der Waals surface area contributed by atoms with Gasteiger partial charge in [-0.15, -0.1) is 16.7 Å². The molecule has 2 heterocycles. The van der Waals surface area contributed by atoms with Crippen LogP contribution >= 0.6 is 38.9 Å². The van der Waals surface area contributed by atoms with Gasteiger partial charge in [-0.25, -0.2) is 9.50 Å². The van der Waals surface area contributed by atoms with Crippen LogP contribution in [0.1, 0.15) is 18.5 Å². The van der Waals surface area contributed by atoms with E-state index in [-0.39, 0.29) is 4.87 Å². The third-order valence-corrected chi connectivity index (χ3v) is 4.09. The Morgan fingerprint density at radius 1 is 1.62 bits per heavy atom. The first kappa shape index (κ1) is 8.20. The molecule has 6 heteroatoms. The van der Waals surface area contributed by atoms with E-state index in [1.807, 2.05) is 6.20 Å². The van der Waals surface area contributed by atoms with Gasteiger partial charge in [0, 0.05) is 0 Å². The Hall–Kier alpha value is -0.130. The van der Waals surface area contributed by atoms with Gasteiger partial charge >= 0.3 is 0 Å². The molecule has 13 heavy (non-hydrogen) atoms. The fourth-order valence-corrected chi connectivity index (χ4v) is 2.66. The SMILES string of the molecule is ClC1(c2cn3nc(Br)sc3n2)CC1. The molecule has 1 aliphatic rings. The zero-order chi connectivity index (χ0) is 9.05. The lowest BCUT2D eigenvalue weighted by molar-refractivity contribution is 0.925. The molecule has 1 aliphatic carbocycles. The smallest absolute Gasteiger partial charge is 0.213 e. The Labute approximate surface area is 91.9 Å². The summed E-state index contributed by atoms with van der Waals surface area (Å²) in [5, 5.41) is 4.21. The molecule has 2 aromatic rings. The van der Waals surface area contributed by atoms with Crippen LogP contribution < -0.4 is 0 Å². The lowest BCUT2D eigenvalue weighted by Crippen LogP contribution is -1.95. The molecule has 0 atom stereocenters. The van der Waals surface area contributed by atoms with Crippen LogP contribution in [-0.4, -0.2) is 14.6 Å². The molecular formula is C7H5BrClN3S. The summed E-state index contributed by atoms with van der Waals surface area (Å²) in [5.74, 6) is 0. The second kappa shape index (κ2) is 2.46. The Morgan fingerprint density at radius 3 is 3.00 bits per heavy atom. The summed E-state index contributed by atoms with van der Waals surface area (Å²) in [6.45, 7) is 0. The Kier molecular flexibility index (Phi) is 1.55. The van der Waals surface area contributed by atoms with E-state index in [9.17, 15) is 0 Å². The predicted octanol–water partition coefficient (Wildman–Crippen LogP) is 2.78. The van der Waals surface area contributed by atoms with Crippen LogP contribution in [0.5, 0.6) is 0 Å². The monoisotopic (exact) mass is 277 g/mol. The van der Waals surface area contributed by atoms with Gasteiger partial charge in [-0.3, -0.25) is 0 Å². The average molecular weight is 279 g/mol. The van der Waals surface area contributed by atoms with Crippen molar-refractivity contribution < 1.29 is 0 Å². The van der Waals surface area contributed by atoms with E-state index < -0.39 is 0 Å². The normalized spacial score (nSPS) is 19.5. The van der Waals surface area contributed by atoms with Crippen LogP contribution in [0.15, 0.2) is 10.1 Å². The summed E-state index contributed by atoms with van der Waals surface area (Å²) >= 11 is 11.1. The molecule has 68 valence electrons. The van der Waals surface area contributed by atoms with Gasteiger partial charge in [0.15, 0.2) is 3.92 Å². The van der Waals surface area contributed by atoms with Gasteiger partial charge in [0.05, 0.1) is 16.8 Å². The molecule has 0 N–H and O–H groups in total. The van der Waals surface area contributed by atoms with Crippen molar-refractivity contribution in [3.8, 4) is 0 Å². The standard InChI is InChI=1S/C7H5BrClN3S/c8-5-11-12-3-4(7(9)1-2-7)10-6(12)13-5/h3H,1-2H2. The molecule has 0 bridgehead atoms. The van der Waals surface area contributed by atoms with Crippen LogP contribution in [0.25, 0.3) is 4.96 Å². The van der Waals surface area contributed by atoms with E-state index in [1.165, 1.54) is 11.3 Å². The van der Waals surface area contributed by atoms with Crippen LogP contribution in [0, 0.1) is 0 Å². The van der Waals surface area contributed by atoms with Gasteiger partial charge in [-0.05, 0) is 28.8 Å². The summed E-state index contributed by atoms with van der Waals surface area (Å²) in [6.07, 6.45) is 3.97. The molecule has 0 unspecified atom stereocenters. The third-order valence-electron chi connectivity index (χ3n) is 2.17. The summed E-state index contributed by atoms with van der Waals surface area (Å²) in [6, 6.07) is 0. The first-order chi connectivity index (χ1) is 6.17. The topological polar surface area (TPSA) is 30.2 Å². The maximum atomic E-state index is 6.23. The minimum absolute atomic E-state index is 0.181. The van der Waals surface area contributed by atoms with Crippen LogP contribution in [0.3, 0.4) is 0 Å². The van der Waals surface area contributed by atoms with E-state index in [2.05, 4.69) is 26.0 Å². The number of imidazole rings is 1. The molecule has 3 rings (SSSR count). The summed E-state index contributed by atoms with van der Waals surface area (Å²) in [5.41, 5.74) is 0.959. The number of nitrogens with zero attached hydrogens (tertiary/aromatic N) is 3. The maximum absolute atomic E-state index is 6.23. The third kappa shape index (κ3) is 1.21. The molecule has 2 aromatic heterocycles. The minimum atomic E-state index is -0.181. The highest BCUT2D eigenvalue weighted by molar-refractivity contribution is 9.11. The van der Waals surface area contributed by atoms with Gasteiger partial charge in [0.25, 0.3) is 0 Å². The molecule has 1 fully saturated rings. The van der Waals surface area contributed by atoms with E-state index in [0.29, 0.717) is 0 Å². The number of halogens is 2. The van der Waals surface area contributed by atoms with Gasteiger partial charge in [-0.2, -0.15) is 0 Å². The highest BCUT2D eigenvalue weighted by Gasteiger charge is 2.44. The van der Waals surface area contributed by atoms with E-state index in [0.717, 1.165) is 27.4 Å². The highest BCUT2D eigenvalue weighted by Crippen LogP contribution is 2.51. The summed E-state index contributed by atoms with van der Waals surface area (Å²) in [4.78, 5) is 5.14. The molecule has 0 aromatic carbocycles. The summed E-state index contributed by atoms with van der Waals surface area (Å²) < 4.78 is 2.62. The molecule has 1 saturated carbocycles. The largest absolute Gasteiger partial charge is 0.221 e. The van der Waals surface area contributed by atoms with Crippen molar-refractivity contribution >= 4 is 43.8 Å². The second-order valence-corrected chi connectivity index (χ2v) is 6.13. The predicted molar refractivity (Wildman–Crippen MR) is 55.3 cm³/mol. The minimum Gasteiger partial charge on any atom is -0.221 e. The van der Waals surface area contributed by atoms with Crippen molar-refractivity contribution in [3.63, 3.8) is 0 Å².